The molecule has 0 saturated carbocycles. The number of benzene rings is 1. The van der Waals surface area contributed by atoms with Gasteiger partial charge in [-0.2, -0.15) is 0 Å². The van der Waals surface area contributed by atoms with E-state index in [1.54, 1.807) is 12.1 Å². The average molecular weight is 228 g/mol. The largest absolute Gasteiger partial charge is 0.388 e. The highest BCUT2D eigenvalue weighted by atomic mass is 19.3. The highest BCUT2D eigenvalue weighted by molar-refractivity contribution is 5.24. The Balaban J connectivity index is 2.59. The van der Waals surface area contributed by atoms with Gasteiger partial charge >= 0.3 is 0 Å². The quantitative estimate of drug-likeness (QED) is 0.804. The van der Waals surface area contributed by atoms with Crippen LogP contribution < -0.4 is 0 Å². The van der Waals surface area contributed by atoms with E-state index >= 15 is 0 Å². The summed E-state index contributed by atoms with van der Waals surface area (Å²) in [5.74, 6) is 0.537. The minimum atomic E-state index is -2.44. The van der Waals surface area contributed by atoms with Crippen LogP contribution in [0.5, 0.6) is 0 Å². The van der Waals surface area contributed by atoms with Gasteiger partial charge in [-0.3, -0.25) is 0 Å². The van der Waals surface area contributed by atoms with E-state index in [4.69, 9.17) is 0 Å². The molecule has 16 heavy (non-hydrogen) atoms. The van der Waals surface area contributed by atoms with Gasteiger partial charge in [0.15, 0.2) is 0 Å². The van der Waals surface area contributed by atoms with Crippen molar-refractivity contribution in [1.82, 2.24) is 0 Å². The molecule has 0 heterocycles. The molecule has 0 bridgehead atoms. The van der Waals surface area contributed by atoms with Crippen molar-refractivity contribution in [3.05, 3.63) is 35.4 Å². The molecule has 0 fully saturated rings. The minimum absolute atomic E-state index is 0.000176. The summed E-state index contributed by atoms with van der Waals surface area (Å²) in [6.45, 7) is 4.18. The number of rotatable bonds is 5. The monoisotopic (exact) mass is 228 g/mol. The highest BCUT2D eigenvalue weighted by Gasteiger charge is 2.10. The van der Waals surface area contributed by atoms with Crippen molar-refractivity contribution in [2.75, 3.05) is 0 Å². The Bertz CT molecular complexity index is 306. The zero-order valence-electron chi connectivity index (χ0n) is 9.66. The lowest BCUT2D eigenvalue weighted by atomic mass is 9.99. The van der Waals surface area contributed by atoms with Crippen LogP contribution in [0.25, 0.3) is 0 Å². The topological polar surface area (TPSA) is 20.2 Å². The summed E-state index contributed by atoms with van der Waals surface area (Å²) in [5.41, 5.74) is 0.713. The second-order valence-electron chi connectivity index (χ2n) is 4.45. The molecule has 0 aliphatic carbocycles. The first-order valence-electron chi connectivity index (χ1n) is 5.56. The Labute approximate surface area is 95.1 Å². The molecule has 1 rings (SSSR count). The highest BCUT2D eigenvalue weighted by Crippen LogP contribution is 2.24. The lowest BCUT2D eigenvalue weighted by molar-refractivity contribution is 0.149. The molecule has 3 heteroatoms. The van der Waals surface area contributed by atoms with E-state index in [1.165, 1.54) is 12.1 Å². The number of hydrogen-bond acceptors (Lipinski definition) is 1. The van der Waals surface area contributed by atoms with Gasteiger partial charge in [0.05, 0.1) is 6.10 Å². The van der Waals surface area contributed by atoms with E-state index in [1.807, 2.05) is 0 Å². The van der Waals surface area contributed by atoms with Crippen molar-refractivity contribution in [3.8, 4) is 0 Å². The van der Waals surface area contributed by atoms with Crippen molar-refractivity contribution in [3.63, 3.8) is 0 Å². The molecular formula is C13H18F2O. The summed E-state index contributed by atoms with van der Waals surface area (Å²) in [6.07, 6.45) is -1.39. The Morgan fingerprint density at radius 3 is 1.94 bits per heavy atom. The molecule has 0 saturated heterocycles. The van der Waals surface area contributed by atoms with Crippen LogP contribution in [0.4, 0.5) is 8.78 Å². The van der Waals surface area contributed by atoms with Gasteiger partial charge in [0.1, 0.15) is 0 Å². The van der Waals surface area contributed by atoms with Gasteiger partial charge in [0.25, 0.3) is 6.43 Å². The van der Waals surface area contributed by atoms with Crippen molar-refractivity contribution >= 4 is 0 Å². The maximum absolute atomic E-state index is 12.3. The summed E-state index contributed by atoms with van der Waals surface area (Å²) >= 11 is 0. The third-order valence-electron chi connectivity index (χ3n) is 2.59. The van der Waals surface area contributed by atoms with E-state index in [9.17, 15) is 13.9 Å². The third kappa shape index (κ3) is 3.89. The van der Waals surface area contributed by atoms with Gasteiger partial charge in [-0.05, 0) is 24.3 Å². The van der Waals surface area contributed by atoms with Crippen LogP contribution in [0.15, 0.2) is 24.3 Å². The normalized spacial score (nSPS) is 13.4. The van der Waals surface area contributed by atoms with E-state index in [-0.39, 0.29) is 5.56 Å². The summed E-state index contributed by atoms with van der Waals surface area (Å²) in [6, 6.07) is 5.90. The molecule has 0 aliphatic rings. The first-order valence-corrected chi connectivity index (χ1v) is 5.56. The van der Waals surface area contributed by atoms with Crippen LogP contribution in [0.1, 0.15) is 50.3 Å². The molecule has 0 aromatic heterocycles. The van der Waals surface area contributed by atoms with Crippen LogP contribution in [0, 0.1) is 5.92 Å². The summed E-state index contributed by atoms with van der Waals surface area (Å²) < 4.78 is 24.6. The second-order valence-corrected chi connectivity index (χ2v) is 4.45. The molecule has 0 aliphatic heterocycles. The lowest BCUT2D eigenvalue weighted by Crippen LogP contribution is -2.00. The van der Waals surface area contributed by atoms with Gasteiger partial charge in [0, 0.05) is 5.56 Å². The number of aliphatic hydroxyl groups excluding tert-OH is 1. The standard InChI is InChI=1S/C13H18F2O/c1-9(2)3-8-12(16)10-4-6-11(7-5-10)13(14)15/h4-7,9,12-13,16H,3,8H2,1-2H3. The summed E-state index contributed by atoms with van der Waals surface area (Å²) in [5, 5.41) is 9.81. The predicted molar refractivity (Wildman–Crippen MR) is 60.4 cm³/mol. The molecule has 0 spiro atoms. The van der Waals surface area contributed by atoms with E-state index < -0.39 is 12.5 Å². The molecule has 1 aromatic carbocycles. The Hall–Kier alpha value is -0.960. The van der Waals surface area contributed by atoms with Crippen molar-refractivity contribution in [1.29, 1.82) is 0 Å². The van der Waals surface area contributed by atoms with Crippen LogP contribution in [-0.4, -0.2) is 5.11 Å². The fraction of sp³-hybridized carbons (Fsp3) is 0.538. The first-order chi connectivity index (χ1) is 7.50. The van der Waals surface area contributed by atoms with Gasteiger partial charge < -0.3 is 5.11 Å². The van der Waals surface area contributed by atoms with Gasteiger partial charge in [0.2, 0.25) is 0 Å². The first kappa shape index (κ1) is 13.1. The molecule has 0 amide bonds. The molecule has 1 unspecified atom stereocenters. The summed E-state index contributed by atoms with van der Waals surface area (Å²) in [4.78, 5) is 0. The Morgan fingerprint density at radius 1 is 1.00 bits per heavy atom. The van der Waals surface area contributed by atoms with E-state index in [0.29, 0.717) is 17.9 Å². The van der Waals surface area contributed by atoms with Gasteiger partial charge in [-0.15, -0.1) is 0 Å². The maximum Gasteiger partial charge on any atom is 0.263 e. The molecule has 1 nitrogen and oxygen atoms in total. The zero-order chi connectivity index (χ0) is 12.1. The fourth-order valence-corrected chi connectivity index (χ4v) is 1.52. The van der Waals surface area contributed by atoms with Gasteiger partial charge in [-0.25, -0.2) is 8.78 Å². The molecule has 90 valence electrons. The Kier molecular flexibility index (Phi) is 4.87. The second kappa shape index (κ2) is 5.94. The van der Waals surface area contributed by atoms with Gasteiger partial charge in [-0.1, -0.05) is 38.1 Å². The van der Waals surface area contributed by atoms with Crippen LogP contribution in [0.2, 0.25) is 0 Å². The number of halogens is 2. The molecule has 0 radical (unpaired) electrons. The SMILES string of the molecule is CC(C)CCC(O)c1ccc(C(F)F)cc1. The number of aliphatic hydroxyl groups is 1. The zero-order valence-corrected chi connectivity index (χ0v) is 9.66. The van der Waals surface area contributed by atoms with Crippen molar-refractivity contribution < 1.29 is 13.9 Å². The number of hydrogen-bond donors (Lipinski definition) is 1. The fourth-order valence-electron chi connectivity index (χ4n) is 1.52. The van der Waals surface area contributed by atoms with Crippen molar-refractivity contribution in [2.24, 2.45) is 5.92 Å². The average Bonchev–Trinajstić information content (AvgIpc) is 2.26. The molecular weight excluding hydrogens is 210 g/mol. The molecule has 1 aromatic rings. The minimum Gasteiger partial charge on any atom is -0.388 e. The molecule has 1 atom stereocenters. The predicted octanol–water partition coefficient (Wildman–Crippen LogP) is 4.09. The maximum atomic E-state index is 12.3. The lowest BCUT2D eigenvalue weighted by Gasteiger charge is -2.12. The van der Waals surface area contributed by atoms with E-state index in [0.717, 1.165) is 6.42 Å². The number of alkyl halides is 2. The Morgan fingerprint density at radius 2 is 1.50 bits per heavy atom. The van der Waals surface area contributed by atoms with Crippen LogP contribution in [0.3, 0.4) is 0 Å². The van der Waals surface area contributed by atoms with Crippen molar-refractivity contribution in [2.45, 2.75) is 39.2 Å². The van der Waals surface area contributed by atoms with Crippen LogP contribution >= 0.6 is 0 Å². The van der Waals surface area contributed by atoms with E-state index in [2.05, 4.69) is 13.8 Å². The van der Waals surface area contributed by atoms with Crippen LogP contribution in [-0.2, 0) is 0 Å². The third-order valence-corrected chi connectivity index (χ3v) is 2.59. The smallest absolute Gasteiger partial charge is 0.263 e. The molecule has 1 N–H and O–H groups in total. The summed E-state index contributed by atoms with van der Waals surface area (Å²) in [7, 11) is 0.